The maximum Gasteiger partial charge on any atom is 0.225 e. The largest absolute Gasteiger partial charge is 0.492 e. The van der Waals surface area contributed by atoms with Crippen molar-refractivity contribution in [3.05, 3.63) is 42.5 Å². The maximum atomic E-state index is 6.31. The van der Waals surface area contributed by atoms with Crippen LogP contribution in [-0.2, 0) is 4.74 Å². The van der Waals surface area contributed by atoms with E-state index >= 15 is 0 Å². The van der Waals surface area contributed by atoms with Crippen molar-refractivity contribution < 1.29 is 9.47 Å². The van der Waals surface area contributed by atoms with Crippen molar-refractivity contribution in [1.29, 1.82) is 0 Å². The lowest BCUT2D eigenvalue weighted by atomic mass is 9.89. The van der Waals surface area contributed by atoms with Gasteiger partial charge in [0.15, 0.2) is 0 Å². The summed E-state index contributed by atoms with van der Waals surface area (Å²) in [6.45, 7) is 5.04. The topological polar surface area (TPSA) is 60.4 Å². The highest BCUT2D eigenvalue weighted by Gasteiger charge is 2.47. The number of rotatable bonds is 4. The van der Waals surface area contributed by atoms with E-state index in [9.17, 15) is 0 Å². The lowest BCUT2D eigenvalue weighted by Crippen LogP contribution is -2.55. The van der Waals surface area contributed by atoms with Gasteiger partial charge in [0, 0.05) is 31.1 Å². The van der Waals surface area contributed by atoms with Gasteiger partial charge in [-0.25, -0.2) is 9.97 Å². The molecule has 0 amide bonds. The molecule has 25 heavy (non-hydrogen) atoms. The van der Waals surface area contributed by atoms with Crippen LogP contribution < -0.4 is 9.64 Å². The Morgan fingerprint density at radius 1 is 1.32 bits per heavy atom. The second-order valence-electron chi connectivity index (χ2n) is 6.98. The second-order valence-corrected chi connectivity index (χ2v) is 6.98. The number of aromatic nitrogens is 3. The van der Waals surface area contributed by atoms with Crippen molar-refractivity contribution in [3.63, 3.8) is 0 Å². The first-order chi connectivity index (χ1) is 12.3. The minimum absolute atomic E-state index is 0.158. The Labute approximate surface area is 148 Å². The Balaban J connectivity index is 1.46. The van der Waals surface area contributed by atoms with Gasteiger partial charge in [0.1, 0.15) is 5.75 Å². The van der Waals surface area contributed by atoms with Crippen molar-refractivity contribution in [1.82, 2.24) is 15.0 Å². The first-order valence-corrected chi connectivity index (χ1v) is 8.96. The average molecular weight is 340 g/mol. The van der Waals surface area contributed by atoms with E-state index in [4.69, 9.17) is 9.47 Å². The summed E-state index contributed by atoms with van der Waals surface area (Å²) in [5, 5.41) is 0. The third-order valence-corrected chi connectivity index (χ3v) is 5.24. The minimum atomic E-state index is -0.158. The van der Waals surface area contributed by atoms with Gasteiger partial charge in [0.25, 0.3) is 0 Å². The lowest BCUT2D eigenvalue weighted by molar-refractivity contribution is -0.0897. The van der Waals surface area contributed by atoms with Crippen molar-refractivity contribution in [2.75, 3.05) is 31.2 Å². The molecule has 0 bridgehead atoms. The van der Waals surface area contributed by atoms with Crippen molar-refractivity contribution in [2.45, 2.75) is 31.8 Å². The number of nitrogens with zero attached hydrogens (tertiary/aromatic N) is 4. The van der Waals surface area contributed by atoms with Crippen LogP contribution >= 0.6 is 0 Å². The molecule has 1 saturated carbocycles. The molecule has 6 heteroatoms. The second kappa shape index (κ2) is 6.96. The highest BCUT2D eigenvalue weighted by Crippen LogP contribution is 2.41. The van der Waals surface area contributed by atoms with E-state index in [0.717, 1.165) is 43.2 Å². The molecule has 1 spiro atoms. The average Bonchev–Trinajstić information content (AvgIpc) is 3.03. The molecule has 1 aliphatic carbocycles. The molecule has 0 aromatic carbocycles. The van der Waals surface area contributed by atoms with Crippen LogP contribution in [0.3, 0.4) is 0 Å². The quantitative estimate of drug-likeness (QED) is 0.853. The zero-order valence-electron chi connectivity index (χ0n) is 14.6. The summed E-state index contributed by atoms with van der Waals surface area (Å²) < 4.78 is 12.3. The molecule has 1 saturated heterocycles. The zero-order chi connectivity index (χ0) is 17.1. The normalized spacial score (nSPS) is 26.1. The molecule has 3 heterocycles. The molecule has 4 rings (SSSR count). The van der Waals surface area contributed by atoms with Gasteiger partial charge in [0.05, 0.1) is 31.6 Å². The number of hydrogen-bond acceptors (Lipinski definition) is 6. The smallest absolute Gasteiger partial charge is 0.225 e. The van der Waals surface area contributed by atoms with Crippen LogP contribution in [0.5, 0.6) is 5.75 Å². The van der Waals surface area contributed by atoms with Crippen LogP contribution in [0, 0.1) is 12.8 Å². The predicted octanol–water partition coefficient (Wildman–Crippen LogP) is 2.63. The third kappa shape index (κ3) is 3.44. The SMILES string of the molecule is Cc1cnc(N2CCO[C@]3(CCC[C@@H]3COc3cccnc3)C2)nc1. The van der Waals surface area contributed by atoms with E-state index in [1.54, 1.807) is 12.4 Å². The van der Waals surface area contributed by atoms with E-state index in [1.807, 2.05) is 31.5 Å². The monoisotopic (exact) mass is 340 g/mol. The molecular formula is C19H24N4O2. The summed E-state index contributed by atoms with van der Waals surface area (Å²) in [5.41, 5.74) is 0.921. The Hall–Kier alpha value is -2.21. The van der Waals surface area contributed by atoms with Crippen LogP contribution in [0.25, 0.3) is 0 Å². The summed E-state index contributed by atoms with van der Waals surface area (Å²) >= 11 is 0. The van der Waals surface area contributed by atoms with Crippen molar-refractivity contribution in [2.24, 2.45) is 5.92 Å². The summed E-state index contributed by atoms with van der Waals surface area (Å²) in [6, 6.07) is 3.84. The fourth-order valence-corrected chi connectivity index (χ4v) is 3.90. The zero-order valence-corrected chi connectivity index (χ0v) is 14.6. The van der Waals surface area contributed by atoms with Crippen LogP contribution in [0.1, 0.15) is 24.8 Å². The van der Waals surface area contributed by atoms with E-state index in [1.165, 1.54) is 6.42 Å². The van der Waals surface area contributed by atoms with Crippen LogP contribution in [0.15, 0.2) is 36.9 Å². The number of aryl methyl sites for hydroxylation is 1. The van der Waals surface area contributed by atoms with Gasteiger partial charge >= 0.3 is 0 Å². The highest BCUT2D eigenvalue weighted by molar-refractivity contribution is 5.32. The van der Waals surface area contributed by atoms with Gasteiger partial charge in [-0.05, 0) is 43.9 Å². The molecule has 2 aromatic rings. The Kier molecular flexibility index (Phi) is 4.53. The van der Waals surface area contributed by atoms with Crippen LogP contribution in [-0.4, -0.2) is 46.9 Å². The Morgan fingerprint density at radius 2 is 2.20 bits per heavy atom. The summed E-state index contributed by atoms with van der Waals surface area (Å²) in [4.78, 5) is 15.4. The molecule has 2 atom stereocenters. The minimum Gasteiger partial charge on any atom is -0.492 e. The fourth-order valence-electron chi connectivity index (χ4n) is 3.90. The molecule has 2 aromatic heterocycles. The Morgan fingerprint density at radius 3 is 3.00 bits per heavy atom. The number of morpholine rings is 1. The first kappa shape index (κ1) is 16.3. The Bertz CT molecular complexity index is 694. The van der Waals surface area contributed by atoms with Crippen molar-refractivity contribution in [3.8, 4) is 5.75 Å². The molecule has 0 N–H and O–H groups in total. The van der Waals surface area contributed by atoms with E-state index < -0.39 is 0 Å². The number of ether oxygens (including phenoxy) is 2. The van der Waals surface area contributed by atoms with Gasteiger partial charge in [0.2, 0.25) is 5.95 Å². The standard InChI is InChI=1S/C19H24N4O2/c1-15-10-21-18(22-11-15)23-8-9-25-19(14-23)6-2-4-16(19)13-24-17-5-3-7-20-12-17/h3,5,7,10-12,16H,2,4,6,8-9,13-14H2,1H3/t16-,19-/m1/s1. The third-order valence-electron chi connectivity index (χ3n) is 5.24. The van der Waals surface area contributed by atoms with Crippen LogP contribution in [0.4, 0.5) is 5.95 Å². The summed E-state index contributed by atoms with van der Waals surface area (Å²) in [7, 11) is 0. The molecule has 0 unspecified atom stereocenters. The lowest BCUT2D eigenvalue weighted by Gasteiger charge is -2.44. The van der Waals surface area contributed by atoms with Gasteiger partial charge in [-0.2, -0.15) is 0 Å². The molecule has 132 valence electrons. The van der Waals surface area contributed by atoms with Gasteiger partial charge in [-0.1, -0.05) is 0 Å². The number of anilines is 1. The number of pyridine rings is 1. The van der Waals surface area contributed by atoms with E-state index in [0.29, 0.717) is 19.1 Å². The molecule has 1 aliphatic heterocycles. The van der Waals surface area contributed by atoms with Gasteiger partial charge in [-0.15, -0.1) is 0 Å². The summed E-state index contributed by atoms with van der Waals surface area (Å²) in [6.07, 6.45) is 10.6. The molecule has 0 radical (unpaired) electrons. The van der Waals surface area contributed by atoms with Crippen LogP contribution in [0.2, 0.25) is 0 Å². The van der Waals surface area contributed by atoms with E-state index in [-0.39, 0.29) is 5.60 Å². The number of hydrogen-bond donors (Lipinski definition) is 0. The van der Waals surface area contributed by atoms with E-state index in [2.05, 4.69) is 19.9 Å². The predicted molar refractivity (Wildman–Crippen MR) is 94.7 cm³/mol. The molecule has 2 fully saturated rings. The first-order valence-electron chi connectivity index (χ1n) is 8.96. The molecule has 6 nitrogen and oxygen atoms in total. The van der Waals surface area contributed by atoms with Crippen molar-refractivity contribution >= 4 is 5.95 Å². The summed E-state index contributed by atoms with van der Waals surface area (Å²) in [5.74, 6) is 1.99. The highest BCUT2D eigenvalue weighted by atomic mass is 16.5. The van der Waals surface area contributed by atoms with Gasteiger partial charge < -0.3 is 14.4 Å². The fraction of sp³-hybridized carbons (Fsp3) is 0.526. The maximum absolute atomic E-state index is 6.31. The van der Waals surface area contributed by atoms with Gasteiger partial charge in [-0.3, -0.25) is 4.98 Å². The molecule has 2 aliphatic rings. The molecular weight excluding hydrogens is 316 g/mol.